The molecule has 1 aromatic heterocycles. The van der Waals surface area contributed by atoms with E-state index in [-0.39, 0.29) is 12.2 Å². The van der Waals surface area contributed by atoms with Gasteiger partial charge < -0.3 is 14.2 Å². The normalized spacial score (nSPS) is 26.2. The van der Waals surface area contributed by atoms with E-state index >= 15 is 0 Å². The fourth-order valence-corrected chi connectivity index (χ4v) is 2.36. The Morgan fingerprint density at radius 2 is 2.00 bits per heavy atom. The Morgan fingerprint density at radius 3 is 2.58 bits per heavy atom. The van der Waals surface area contributed by atoms with Crippen LogP contribution in [-0.2, 0) is 23.8 Å². The van der Waals surface area contributed by atoms with Gasteiger partial charge in [0.2, 0.25) is 0 Å². The summed E-state index contributed by atoms with van der Waals surface area (Å²) in [5.41, 5.74) is -1.29. The lowest BCUT2D eigenvalue weighted by molar-refractivity contribution is -0.156. The van der Waals surface area contributed by atoms with Crippen molar-refractivity contribution in [1.29, 1.82) is 0 Å². The van der Waals surface area contributed by atoms with Gasteiger partial charge in [-0.3, -0.25) is 23.9 Å². The molecule has 2 heterocycles. The van der Waals surface area contributed by atoms with Gasteiger partial charge in [0.1, 0.15) is 12.7 Å². The number of alkyl halides is 1. The summed E-state index contributed by atoms with van der Waals surface area (Å²) in [6.07, 6.45) is -4.62. The van der Waals surface area contributed by atoms with Crippen LogP contribution in [0.2, 0.25) is 0 Å². The molecule has 0 aliphatic carbocycles. The summed E-state index contributed by atoms with van der Waals surface area (Å²) in [5, 5.41) is 0. The zero-order chi connectivity index (χ0) is 18.0. The molecule has 0 unspecified atom stereocenters. The zero-order valence-corrected chi connectivity index (χ0v) is 13.3. The van der Waals surface area contributed by atoms with Crippen molar-refractivity contribution in [2.24, 2.45) is 0 Å². The van der Waals surface area contributed by atoms with Gasteiger partial charge in [-0.15, -0.1) is 0 Å². The highest BCUT2D eigenvalue weighted by atomic mass is 19.1. The molecule has 1 fully saturated rings. The predicted molar refractivity (Wildman–Crippen MR) is 77.1 cm³/mol. The molecule has 0 aromatic carbocycles. The molecule has 1 aliphatic rings. The average molecular weight is 344 g/mol. The summed E-state index contributed by atoms with van der Waals surface area (Å²) >= 11 is 0. The summed E-state index contributed by atoms with van der Waals surface area (Å²) in [6.45, 7) is 3.35. The van der Waals surface area contributed by atoms with Crippen LogP contribution in [0.15, 0.2) is 15.8 Å². The number of nitrogens with zero attached hydrogens (tertiary/aromatic N) is 1. The van der Waals surface area contributed by atoms with Gasteiger partial charge in [-0.25, -0.2) is 9.18 Å². The summed E-state index contributed by atoms with van der Waals surface area (Å²) in [7, 11) is 0. The van der Waals surface area contributed by atoms with Crippen molar-refractivity contribution in [3.63, 3.8) is 0 Å². The number of halogens is 1. The summed E-state index contributed by atoms with van der Waals surface area (Å²) in [6, 6.07) is 0. The highest BCUT2D eigenvalue weighted by Gasteiger charge is 2.49. The molecule has 10 heteroatoms. The SMILES string of the molecule is CC(=O)OC[C@H]1O[C@@H](n2cc(C)c(=O)[nH]c2=O)[C@@H](F)[C@@H]1OC(C)=O. The maximum atomic E-state index is 14.7. The maximum absolute atomic E-state index is 14.7. The van der Waals surface area contributed by atoms with Crippen molar-refractivity contribution in [2.75, 3.05) is 6.61 Å². The number of carbonyl (C=O) groups is 2. The van der Waals surface area contributed by atoms with Gasteiger partial charge in [0.15, 0.2) is 18.5 Å². The Bertz CT molecular complexity index is 756. The van der Waals surface area contributed by atoms with Crippen LogP contribution in [0, 0.1) is 6.92 Å². The Kier molecular flexibility index (Phi) is 5.17. The highest BCUT2D eigenvalue weighted by molar-refractivity contribution is 5.66. The molecule has 4 atom stereocenters. The lowest BCUT2D eigenvalue weighted by Crippen LogP contribution is -2.38. The second-order valence-corrected chi connectivity index (χ2v) is 5.36. The van der Waals surface area contributed by atoms with Gasteiger partial charge >= 0.3 is 17.6 Å². The monoisotopic (exact) mass is 344 g/mol. The smallest absolute Gasteiger partial charge is 0.330 e. The zero-order valence-electron chi connectivity index (χ0n) is 13.3. The number of esters is 2. The van der Waals surface area contributed by atoms with E-state index < -0.39 is 47.8 Å². The molecule has 2 rings (SSSR count). The molecule has 1 aromatic rings. The number of aromatic amines is 1. The molecular formula is C14H17FN2O7. The highest BCUT2D eigenvalue weighted by Crippen LogP contribution is 2.33. The van der Waals surface area contributed by atoms with Crippen molar-refractivity contribution in [1.82, 2.24) is 9.55 Å². The average Bonchev–Trinajstić information content (AvgIpc) is 2.77. The first kappa shape index (κ1) is 17.9. The number of ether oxygens (including phenoxy) is 3. The van der Waals surface area contributed by atoms with Crippen LogP contribution in [0.25, 0.3) is 0 Å². The van der Waals surface area contributed by atoms with Crippen LogP contribution in [0.1, 0.15) is 25.6 Å². The molecule has 0 amide bonds. The minimum Gasteiger partial charge on any atom is -0.463 e. The predicted octanol–water partition coefficient (Wildman–Crippen LogP) is -0.425. The van der Waals surface area contributed by atoms with Crippen LogP contribution >= 0.6 is 0 Å². The molecule has 9 nitrogen and oxygen atoms in total. The van der Waals surface area contributed by atoms with E-state index in [1.807, 2.05) is 4.98 Å². The second-order valence-electron chi connectivity index (χ2n) is 5.36. The summed E-state index contributed by atoms with van der Waals surface area (Å²) in [4.78, 5) is 47.4. The third kappa shape index (κ3) is 3.70. The lowest BCUT2D eigenvalue weighted by atomic mass is 10.1. The third-order valence-electron chi connectivity index (χ3n) is 3.44. The first-order valence-corrected chi connectivity index (χ1v) is 7.13. The van der Waals surface area contributed by atoms with Crippen molar-refractivity contribution in [3.05, 3.63) is 32.6 Å². The van der Waals surface area contributed by atoms with E-state index in [1.165, 1.54) is 6.92 Å². The van der Waals surface area contributed by atoms with Crippen molar-refractivity contribution in [2.45, 2.75) is 45.4 Å². The standard InChI is InChI=1S/C14H17FN2O7/c1-6-4-17(14(21)16-12(6)20)13-10(15)11(23-8(3)19)9(24-13)5-22-7(2)18/h4,9-11,13H,5H2,1-3H3,(H,16,20,21)/t9-,10+,11-,13-/m1/s1. The van der Waals surface area contributed by atoms with E-state index in [0.29, 0.717) is 0 Å². The number of hydrogen-bond acceptors (Lipinski definition) is 7. The molecule has 1 aliphatic heterocycles. The van der Waals surface area contributed by atoms with Crippen LogP contribution in [0.4, 0.5) is 4.39 Å². The molecule has 1 N–H and O–H groups in total. The Hall–Kier alpha value is -2.49. The van der Waals surface area contributed by atoms with Gasteiger partial charge in [0, 0.05) is 25.6 Å². The fraction of sp³-hybridized carbons (Fsp3) is 0.571. The number of aryl methyl sites for hydroxylation is 1. The molecule has 132 valence electrons. The topological polar surface area (TPSA) is 117 Å². The van der Waals surface area contributed by atoms with Crippen molar-refractivity contribution >= 4 is 11.9 Å². The van der Waals surface area contributed by atoms with E-state index in [1.54, 1.807) is 0 Å². The van der Waals surface area contributed by atoms with E-state index in [4.69, 9.17) is 14.2 Å². The third-order valence-corrected chi connectivity index (χ3v) is 3.44. The first-order valence-electron chi connectivity index (χ1n) is 7.13. The first-order chi connectivity index (χ1) is 11.2. The number of rotatable bonds is 4. The summed E-state index contributed by atoms with van der Waals surface area (Å²) < 4.78 is 30.6. The number of nitrogens with one attached hydrogen (secondary N) is 1. The number of hydrogen-bond donors (Lipinski definition) is 1. The number of carbonyl (C=O) groups excluding carboxylic acids is 2. The molecule has 24 heavy (non-hydrogen) atoms. The number of aromatic nitrogens is 2. The maximum Gasteiger partial charge on any atom is 0.330 e. The quantitative estimate of drug-likeness (QED) is 0.737. The molecule has 0 radical (unpaired) electrons. The van der Waals surface area contributed by atoms with Crippen molar-refractivity contribution in [3.8, 4) is 0 Å². The summed E-state index contributed by atoms with van der Waals surface area (Å²) in [5.74, 6) is -1.36. The Labute approximate surface area is 135 Å². The molecule has 0 bridgehead atoms. The van der Waals surface area contributed by atoms with Gasteiger partial charge in [-0.1, -0.05) is 0 Å². The largest absolute Gasteiger partial charge is 0.463 e. The van der Waals surface area contributed by atoms with Crippen LogP contribution < -0.4 is 11.2 Å². The lowest BCUT2D eigenvalue weighted by Gasteiger charge is -2.18. The van der Waals surface area contributed by atoms with Gasteiger partial charge in [0.05, 0.1) is 0 Å². The van der Waals surface area contributed by atoms with E-state index in [0.717, 1.165) is 24.6 Å². The van der Waals surface area contributed by atoms with E-state index in [9.17, 15) is 23.6 Å². The fourth-order valence-electron chi connectivity index (χ4n) is 2.36. The van der Waals surface area contributed by atoms with Crippen LogP contribution in [0.5, 0.6) is 0 Å². The Balaban J connectivity index is 2.33. The van der Waals surface area contributed by atoms with Gasteiger partial charge in [0.25, 0.3) is 5.56 Å². The van der Waals surface area contributed by atoms with Gasteiger partial charge in [-0.2, -0.15) is 0 Å². The minimum absolute atomic E-state index is 0.179. The molecule has 1 saturated heterocycles. The van der Waals surface area contributed by atoms with Crippen molar-refractivity contribution < 1.29 is 28.2 Å². The van der Waals surface area contributed by atoms with Crippen LogP contribution in [-0.4, -0.2) is 46.5 Å². The van der Waals surface area contributed by atoms with Gasteiger partial charge in [-0.05, 0) is 6.92 Å². The Morgan fingerprint density at radius 1 is 1.33 bits per heavy atom. The second kappa shape index (κ2) is 6.95. The molecule has 0 saturated carbocycles. The van der Waals surface area contributed by atoms with E-state index in [2.05, 4.69) is 0 Å². The number of H-pyrrole nitrogens is 1. The molecule has 0 spiro atoms. The minimum atomic E-state index is -1.89. The molecular weight excluding hydrogens is 327 g/mol. The van der Waals surface area contributed by atoms with Crippen LogP contribution in [0.3, 0.4) is 0 Å².